The van der Waals surface area contributed by atoms with Gasteiger partial charge in [0.2, 0.25) is 11.9 Å². The van der Waals surface area contributed by atoms with E-state index < -0.39 is 0 Å². The first-order valence-corrected chi connectivity index (χ1v) is 11.8. The van der Waals surface area contributed by atoms with Crippen LogP contribution in [0, 0.1) is 20.8 Å². The van der Waals surface area contributed by atoms with Crippen molar-refractivity contribution in [3.63, 3.8) is 0 Å². The summed E-state index contributed by atoms with van der Waals surface area (Å²) in [7, 11) is 0. The molecular weight excluding hydrogens is 448 g/mol. The zero-order chi connectivity index (χ0) is 25.7. The molecule has 0 unspecified atom stereocenters. The van der Waals surface area contributed by atoms with Crippen LogP contribution in [0.2, 0.25) is 0 Å². The summed E-state index contributed by atoms with van der Waals surface area (Å²) in [5, 5.41) is 2.92. The second kappa shape index (κ2) is 10.9. The van der Waals surface area contributed by atoms with Gasteiger partial charge in [-0.2, -0.15) is 0 Å². The lowest BCUT2D eigenvalue weighted by Crippen LogP contribution is -2.38. The molecule has 4 aromatic rings. The predicted molar refractivity (Wildman–Crippen MR) is 144 cm³/mol. The second-order valence-electron chi connectivity index (χ2n) is 8.86. The van der Waals surface area contributed by atoms with Gasteiger partial charge in [0.15, 0.2) is 0 Å². The maximum Gasteiger partial charge on any atom is 0.254 e. The number of carbonyl (C=O) groups excluding carboxylic acids is 2. The molecule has 1 N–H and O–H groups in total. The largest absolute Gasteiger partial charge is 0.326 e. The van der Waals surface area contributed by atoms with E-state index in [-0.39, 0.29) is 24.9 Å². The van der Waals surface area contributed by atoms with Crippen molar-refractivity contribution in [1.29, 1.82) is 0 Å². The molecule has 3 aromatic carbocycles. The molecule has 0 spiro atoms. The van der Waals surface area contributed by atoms with Gasteiger partial charge in [0.25, 0.3) is 5.91 Å². The van der Waals surface area contributed by atoms with Crippen molar-refractivity contribution in [2.45, 2.75) is 20.8 Å². The van der Waals surface area contributed by atoms with Crippen molar-refractivity contribution in [1.82, 2.24) is 14.5 Å². The molecule has 0 atom stereocenters. The molecule has 6 nitrogen and oxygen atoms in total. The van der Waals surface area contributed by atoms with Crippen LogP contribution in [0.25, 0.3) is 16.9 Å². The predicted octanol–water partition coefficient (Wildman–Crippen LogP) is 5.73. The monoisotopic (exact) mass is 478 g/mol. The number of benzene rings is 3. The third-order valence-corrected chi connectivity index (χ3v) is 5.96. The van der Waals surface area contributed by atoms with Crippen molar-refractivity contribution in [2.75, 3.05) is 18.4 Å². The van der Waals surface area contributed by atoms with Gasteiger partial charge >= 0.3 is 0 Å². The number of anilines is 1. The molecule has 0 saturated carbocycles. The summed E-state index contributed by atoms with van der Waals surface area (Å²) >= 11 is 0. The number of hydrogen-bond donors (Lipinski definition) is 1. The third kappa shape index (κ3) is 5.61. The molecule has 0 fully saturated rings. The minimum absolute atomic E-state index is 0.125. The molecule has 0 bridgehead atoms. The number of aromatic nitrogens is 2. The summed E-state index contributed by atoms with van der Waals surface area (Å²) < 4.78 is 1.85. The van der Waals surface area contributed by atoms with Crippen LogP contribution in [0.1, 0.15) is 27.0 Å². The summed E-state index contributed by atoms with van der Waals surface area (Å²) in [5.41, 5.74) is 6.28. The molecule has 6 heteroatoms. The van der Waals surface area contributed by atoms with Gasteiger partial charge in [-0.05, 0) is 44.5 Å². The number of nitrogens with zero attached hydrogens (tertiary/aromatic N) is 3. The zero-order valence-electron chi connectivity index (χ0n) is 20.9. The zero-order valence-corrected chi connectivity index (χ0v) is 20.9. The maximum absolute atomic E-state index is 13.2. The van der Waals surface area contributed by atoms with E-state index in [4.69, 9.17) is 4.98 Å². The highest BCUT2D eigenvalue weighted by atomic mass is 16.2. The molecule has 0 aliphatic heterocycles. The van der Waals surface area contributed by atoms with Crippen LogP contribution in [-0.2, 0) is 4.79 Å². The Morgan fingerprint density at radius 2 is 1.58 bits per heavy atom. The number of rotatable bonds is 8. The summed E-state index contributed by atoms with van der Waals surface area (Å²) in [6.45, 7) is 9.82. The molecule has 1 heterocycles. The van der Waals surface area contributed by atoms with Gasteiger partial charge in [-0.25, -0.2) is 4.98 Å². The summed E-state index contributed by atoms with van der Waals surface area (Å²) in [5.74, 6) is -0.167. The van der Waals surface area contributed by atoms with Gasteiger partial charge in [-0.3, -0.25) is 19.5 Å². The minimum atomic E-state index is -0.340. The molecule has 4 rings (SSSR count). The van der Waals surface area contributed by atoms with Crippen LogP contribution in [0.3, 0.4) is 0 Å². The first-order chi connectivity index (χ1) is 17.4. The normalized spacial score (nSPS) is 10.6. The van der Waals surface area contributed by atoms with Crippen LogP contribution in [0.15, 0.2) is 91.6 Å². The number of nitrogens with one attached hydrogen (secondary N) is 1. The fourth-order valence-electron chi connectivity index (χ4n) is 3.93. The van der Waals surface area contributed by atoms with Crippen molar-refractivity contribution in [3.05, 3.63) is 114 Å². The summed E-state index contributed by atoms with van der Waals surface area (Å²) in [6, 6.07) is 23.4. The molecule has 0 aliphatic rings. The van der Waals surface area contributed by atoms with Gasteiger partial charge < -0.3 is 4.90 Å². The fraction of sp³-hybridized carbons (Fsp3) is 0.167. The average molecular weight is 479 g/mol. The number of carbonyl (C=O) groups is 2. The molecule has 182 valence electrons. The molecule has 2 amide bonds. The van der Waals surface area contributed by atoms with E-state index in [0.717, 1.165) is 33.6 Å². The van der Waals surface area contributed by atoms with Gasteiger partial charge in [0.05, 0.1) is 5.69 Å². The van der Waals surface area contributed by atoms with Gasteiger partial charge in [0.1, 0.15) is 6.54 Å². The number of imidazole rings is 1. The van der Waals surface area contributed by atoms with E-state index in [1.807, 2.05) is 98.3 Å². The van der Waals surface area contributed by atoms with E-state index in [1.165, 1.54) is 4.90 Å². The Morgan fingerprint density at radius 3 is 2.22 bits per heavy atom. The Morgan fingerprint density at radius 1 is 0.944 bits per heavy atom. The van der Waals surface area contributed by atoms with Gasteiger partial charge in [0, 0.05) is 29.6 Å². The van der Waals surface area contributed by atoms with Crippen molar-refractivity contribution < 1.29 is 9.59 Å². The lowest BCUT2D eigenvalue weighted by Gasteiger charge is -2.21. The SMILES string of the molecule is C=CCN(CC(=O)Nc1nc(-c2ccc(C)cc2)cn1-c1ccc(C)cc1)C(=O)c1ccccc1C. The van der Waals surface area contributed by atoms with Crippen LogP contribution < -0.4 is 5.32 Å². The summed E-state index contributed by atoms with van der Waals surface area (Å²) in [4.78, 5) is 32.5. The smallest absolute Gasteiger partial charge is 0.254 e. The molecule has 0 radical (unpaired) electrons. The first kappa shape index (κ1) is 24.7. The van der Waals surface area contributed by atoms with Crippen LogP contribution in [0.5, 0.6) is 0 Å². The summed E-state index contributed by atoms with van der Waals surface area (Å²) in [6.07, 6.45) is 3.52. The van der Waals surface area contributed by atoms with E-state index in [0.29, 0.717) is 11.5 Å². The highest BCUT2D eigenvalue weighted by Crippen LogP contribution is 2.25. The molecular formula is C30H30N4O2. The minimum Gasteiger partial charge on any atom is -0.326 e. The Bertz CT molecular complexity index is 1390. The van der Waals surface area contributed by atoms with Crippen molar-refractivity contribution in [3.8, 4) is 16.9 Å². The number of hydrogen-bond acceptors (Lipinski definition) is 3. The first-order valence-electron chi connectivity index (χ1n) is 11.8. The van der Waals surface area contributed by atoms with Crippen LogP contribution >= 0.6 is 0 Å². The number of aryl methyl sites for hydroxylation is 3. The van der Waals surface area contributed by atoms with E-state index >= 15 is 0 Å². The van der Waals surface area contributed by atoms with Crippen LogP contribution in [-0.4, -0.2) is 39.4 Å². The van der Waals surface area contributed by atoms with E-state index in [2.05, 4.69) is 11.9 Å². The fourth-order valence-corrected chi connectivity index (χ4v) is 3.93. The van der Waals surface area contributed by atoms with Crippen molar-refractivity contribution >= 4 is 17.8 Å². The Balaban J connectivity index is 1.62. The molecule has 0 aliphatic carbocycles. The Hall–Kier alpha value is -4.45. The molecule has 0 saturated heterocycles. The second-order valence-corrected chi connectivity index (χ2v) is 8.86. The van der Waals surface area contributed by atoms with E-state index in [9.17, 15) is 9.59 Å². The van der Waals surface area contributed by atoms with Gasteiger partial charge in [-0.1, -0.05) is 71.8 Å². The molecule has 1 aromatic heterocycles. The number of amides is 2. The quantitative estimate of drug-likeness (QED) is 0.329. The Labute approximate surface area is 211 Å². The highest BCUT2D eigenvalue weighted by Gasteiger charge is 2.21. The molecule has 36 heavy (non-hydrogen) atoms. The van der Waals surface area contributed by atoms with Gasteiger partial charge in [-0.15, -0.1) is 6.58 Å². The average Bonchev–Trinajstić information content (AvgIpc) is 3.28. The Kier molecular flexibility index (Phi) is 7.44. The highest BCUT2D eigenvalue weighted by molar-refractivity contribution is 6.00. The lowest BCUT2D eigenvalue weighted by molar-refractivity contribution is -0.116. The topological polar surface area (TPSA) is 67.2 Å². The van der Waals surface area contributed by atoms with Crippen LogP contribution in [0.4, 0.5) is 5.95 Å². The lowest BCUT2D eigenvalue weighted by atomic mass is 10.1. The maximum atomic E-state index is 13.2. The van der Waals surface area contributed by atoms with Crippen molar-refractivity contribution in [2.24, 2.45) is 0 Å². The van der Waals surface area contributed by atoms with E-state index in [1.54, 1.807) is 12.1 Å². The standard InChI is InChI=1S/C30H30N4O2/c1-5-18-33(29(36)26-9-7-6-8-23(26)4)20-28(35)32-30-31-27(24-14-10-21(2)11-15-24)19-34(30)25-16-12-22(3)13-17-25/h5-17,19H,1,18,20H2,2-4H3,(H,31,32,35). The third-order valence-electron chi connectivity index (χ3n) is 5.96.